The summed E-state index contributed by atoms with van der Waals surface area (Å²) in [5, 5.41) is 11.2. The van der Waals surface area contributed by atoms with E-state index in [1.165, 1.54) is 6.07 Å². The number of benzene rings is 2. The highest BCUT2D eigenvalue weighted by atomic mass is 35.5. The molecule has 0 radical (unpaired) electrons. The van der Waals surface area contributed by atoms with Crippen LogP contribution in [0.25, 0.3) is 22.6 Å². The molecule has 0 saturated carbocycles. The molecular formula is C19H14ClF3N6O. The lowest BCUT2D eigenvalue weighted by atomic mass is 10.1. The Morgan fingerprint density at radius 2 is 1.80 bits per heavy atom. The number of aromatic nitrogens is 4. The van der Waals surface area contributed by atoms with Gasteiger partial charge in [0.05, 0.1) is 16.8 Å². The average Bonchev–Trinajstić information content (AvgIpc) is 3.24. The normalized spacial score (nSPS) is 11.6. The van der Waals surface area contributed by atoms with E-state index in [1.807, 2.05) is 6.92 Å². The first-order valence-corrected chi connectivity index (χ1v) is 9.03. The maximum Gasteiger partial charge on any atom is 0.417 e. The number of anilines is 2. The van der Waals surface area contributed by atoms with Crippen molar-refractivity contribution in [2.45, 2.75) is 13.1 Å². The van der Waals surface area contributed by atoms with Crippen LogP contribution in [0.2, 0.25) is 5.02 Å². The molecule has 0 aliphatic rings. The molecule has 7 nitrogen and oxygen atoms in total. The molecule has 0 unspecified atom stereocenters. The second-order valence-corrected chi connectivity index (χ2v) is 6.93. The lowest BCUT2D eigenvalue weighted by Gasteiger charge is -2.13. The second kappa shape index (κ2) is 7.38. The predicted molar refractivity (Wildman–Crippen MR) is 108 cm³/mol. The Balaban J connectivity index is 1.49. The van der Waals surface area contributed by atoms with E-state index in [4.69, 9.17) is 11.6 Å². The minimum absolute atomic E-state index is 0.0307. The fourth-order valence-electron chi connectivity index (χ4n) is 2.97. The molecule has 0 atom stereocenters. The number of H-pyrrole nitrogens is 2. The molecular weight excluding hydrogens is 421 g/mol. The molecule has 4 N–H and O–H groups in total. The summed E-state index contributed by atoms with van der Waals surface area (Å²) in [5.41, 5.74) is 2.49. The molecule has 0 bridgehead atoms. The Labute approximate surface area is 172 Å². The van der Waals surface area contributed by atoms with E-state index in [1.54, 1.807) is 24.4 Å². The van der Waals surface area contributed by atoms with Crippen LogP contribution in [-0.2, 0) is 6.18 Å². The van der Waals surface area contributed by atoms with E-state index in [0.29, 0.717) is 17.2 Å². The van der Waals surface area contributed by atoms with Crippen LogP contribution in [0.1, 0.15) is 11.1 Å². The summed E-state index contributed by atoms with van der Waals surface area (Å²) in [5.74, 6) is 0.646. The van der Waals surface area contributed by atoms with Crippen LogP contribution >= 0.6 is 11.6 Å². The van der Waals surface area contributed by atoms with Gasteiger partial charge in [0.2, 0.25) is 0 Å². The number of imidazole rings is 1. The second-order valence-electron chi connectivity index (χ2n) is 6.52. The quantitative estimate of drug-likeness (QED) is 0.339. The number of hydrogen-bond donors (Lipinski definition) is 4. The van der Waals surface area contributed by atoms with E-state index in [-0.39, 0.29) is 5.69 Å². The van der Waals surface area contributed by atoms with Gasteiger partial charge in [0.15, 0.2) is 5.65 Å². The zero-order chi connectivity index (χ0) is 21.5. The molecule has 0 aliphatic carbocycles. The first-order valence-electron chi connectivity index (χ1n) is 8.65. The average molecular weight is 435 g/mol. The third-order valence-corrected chi connectivity index (χ3v) is 4.69. The molecule has 0 saturated heterocycles. The van der Waals surface area contributed by atoms with Crippen LogP contribution in [-0.4, -0.2) is 26.2 Å². The highest BCUT2D eigenvalue weighted by molar-refractivity contribution is 6.31. The monoisotopic (exact) mass is 434 g/mol. The van der Waals surface area contributed by atoms with Gasteiger partial charge in [-0.2, -0.15) is 18.3 Å². The maximum atomic E-state index is 13.0. The summed E-state index contributed by atoms with van der Waals surface area (Å²) < 4.78 is 38.9. The van der Waals surface area contributed by atoms with Gasteiger partial charge >= 0.3 is 12.2 Å². The van der Waals surface area contributed by atoms with Crippen molar-refractivity contribution in [1.29, 1.82) is 0 Å². The Kier molecular flexibility index (Phi) is 4.86. The standard InChI is InChI=1S/C19H14ClF3N6O/c1-9-6-10(2-4-12(9)16-27-15-8-24-29-17(15)28-16)25-18(30)26-11-3-5-14(20)13(7-11)19(21,22)23/h2-8H,1H3,(H2,25,26,30)(H2,24,27,28,29). The Morgan fingerprint density at radius 1 is 1.10 bits per heavy atom. The van der Waals surface area contributed by atoms with E-state index in [9.17, 15) is 18.0 Å². The SMILES string of the molecule is Cc1cc(NC(=O)Nc2ccc(Cl)c(C(F)(F)F)c2)ccc1-c1nc2[nH]ncc2[nH]1. The van der Waals surface area contributed by atoms with Crippen LogP contribution < -0.4 is 10.6 Å². The van der Waals surface area contributed by atoms with Crippen molar-refractivity contribution in [2.75, 3.05) is 10.6 Å². The number of aryl methyl sites for hydroxylation is 1. The molecule has 2 aromatic carbocycles. The number of urea groups is 1. The summed E-state index contributed by atoms with van der Waals surface area (Å²) in [6.45, 7) is 1.85. The molecule has 4 aromatic rings. The molecule has 0 aliphatic heterocycles. The van der Waals surface area contributed by atoms with Crippen molar-refractivity contribution in [3.8, 4) is 11.4 Å². The lowest BCUT2D eigenvalue weighted by Crippen LogP contribution is -2.20. The number of amides is 2. The summed E-state index contributed by atoms with van der Waals surface area (Å²) in [6.07, 6.45) is -2.99. The van der Waals surface area contributed by atoms with Crippen LogP contribution in [0.3, 0.4) is 0 Å². The van der Waals surface area contributed by atoms with Crippen LogP contribution in [0, 0.1) is 6.92 Å². The van der Waals surface area contributed by atoms with Gasteiger partial charge in [-0.1, -0.05) is 11.6 Å². The van der Waals surface area contributed by atoms with Crippen molar-refractivity contribution < 1.29 is 18.0 Å². The minimum Gasteiger partial charge on any atom is -0.335 e. The van der Waals surface area contributed by atoms with Crippen molar-refractivity contribution in [3.63, 3.8) is 0 Å². The zero-order valence-corrected chi connectivity index (χ0v) is 16.1. The lowest BCUT2D eigenvalue weighted by molar-refractivity contribution is -0.137. The molecule has 0 spiro atoms. The van der Waals surface area contributed by atoms with Crippen molar-refractivity contribution in [3.05, 3.63) is 58.7 Å². The Hall–Kier alpha value is -3.53. The summed E-state index contributed by atoms with van der Waals surface area (Å²) in [6, 6.07) is 7.64. The van der Waals surface area contributed by atoms with Gasteiger partial charge in [-0.15, -0.1) is 0 Å². The molecule has 2 aromatic heterocycles. The van der Waals surface area contributed by atoms with Gasteiger partial charge in [0.1, 0.15) is 11.3 Å². The number of rotatable bonds is 3. The number of carbonyl (C=O) groups excluding carboxylic acids is 1. The number of nitrogens with one attached hydrogen (secondary N) is 4. The van der Waals surface area contributed by atoms with Crippen LogP contribution in [0.4, 0.5) is 29.3 Å². The summed E-state index contributed by atoms with van der Waals surface area (Å²) in [4.78, 5) is 19.8. The molecule has 2 heterocycles. The fraction of sp³-hybridized carbons (Fsp3) is 0.105. The highest BCUT2D eigenvalue weighted by Gasteiger charge is 2.33. The molecule has 154 valence electrons. The van der Waals surface area contributed by atoms with Gasteiger partial charge in [-0.3, -0.25) is 5.10 Å². The Bertz CT molecular complexity index is 1220. The highest BCUT2D eigenvalue weighted by Crippen LogP contribution is 2.36. The third kappa shape index (κ3) is 3.94. The Morgan fingerprint density at radius 3 is 2.47 bits per heavy atom. The number of hydrogen-bond acceptors (Lipinski definition) is 3. The molecule has 30 heavy (non-hydrogen) atoms. The molecule has 4 rings (SSSR count). The van der Waals surface area contributed by atoms with Crippen LogP contribution in [0.5, 0.6) is 0 Å². The number of aromatic amines is 2. The van der Waals surface area contributed by atoms with E-state index in [2.05, 4.69) is 30.8 Å². The van der Waals surface area contributed by atoms with Gasteiger partial charge in [-0.05, 0) is 48.9 Å². The fourth-order valence-corrected chi connectivity index (χ4v) is 3.20. The van der Waals surface area contributed by atoms with E-state index < -0.39 is 22.8 Å². The smallest absolute Gasteiger partial charge is 0.335 e. The maximum absolute atomic E-state index is 13.0. The molecule has 0 fully saturated rings. The van der Waals surface area contributed by atoms with Crippen molar-refractivity contribution in [2.24, 2.45) is 0 Å². The van der Waals surface area contributed by atoms with Crippen LogP contribution in [0.15, 0.2) is 42.6 Å². The van der Waals surface area contributed by atoms with Gasteiger partial charge in [0.25, 0.3) is 0 Å². The number of carbonyl (C=O) groups is 1. The number of fused-ring (bicyclic) bond motifs is 1. The zero-order valence-electron chi connectivity index (χ0n) is 15.4. The predicted octanol–water partition coefficient (Wildman–Crippen LogP) is 5.58. The van der Waals surface area contributed by atoms with Gasteiger partial charge in [-0.25, -0.2) is 9.78 Å². The largest absolute Gasteiger partial charge is 0.417 e. The van der Waals surface area contributed by atoms with E-state index in [0.717, 1.165) is 28.8 Å². The number of alkyl halides is 3. The molecule has 11 heteroatoms. The summed E-state index contributed by atoms with van der Waals surface area (Å²) >= 11 is 5.59. The van der Waals surface area contributed by atoms with Gasteiger partial charge < -0.3 is 15.6 Å². The third-order valence-electron chi connectivity index (χ3n) is 4.36. The first kappa shape index (κ1) is 19.8. The van der Waals surface area contributed by atoms with Gasteiger partial charge in [0, 0.05) is 16.9 Å². The summed E-state index contributed by atoms with van der Waals surface area (Å²) in [7, 11) is 0. The minimum atomic E-state index is -4.62. The number of halogens is 4. The first-order chi connectivity index (χ1) is 14.2. The topological polar surface area (TPSA) is 98.5 Å². The number of nitrogens with zero attached hydrogens (tertiary/aromatic N) is 2. The van der Waals surface area contributed by atoms with E-state index >= 15 is 0 Å². The van der Waals surface area contributed by atoms with Crippen molar-refractivity contribution >= 4 is 40.2 Å². The molecule has 2 amide bonds. The van der Waals surface area contributed by atoms with Crippen molar-refractivity contribution in [1.82, 2.24) is 20.2 Å².